The fourth-order valence-corrected chi connectivity index (χ4v) is 4.74. The Kier molecular flexibility index (Phi) is 9.74. The van der Waals surface area contributed by atoms with E-state index >= 15 is 0 Å². The Morgan fingerprint density at radius 2 is 1.67 bits per heavy atom. The fourth-order valence-electron chi connectivity index (χ4n) is 4.00. The third-order valence-electron chi connectivity index (χ3n) is 5.90. The number of carbonyl (C=O) groups is 3. The van der Waals surface area contributed by atoms with E-state index in [9.17, 15) is 40.7 Å². The number of pyridine rings is 1. The number of anilines is 1. The summed E-state index contributed by atoms with van der Waals surface area (Å²) in [5.41, 5.74) is -3.50. The molecule has 0 saturated carbocycles. The number of methoxy groups -OCH3 is 1. The molecule has 46 heavy (non-hydrogen) atoms. The van der Waals surface area contributed by atoms with E-state index in [0.29, 0.717) is 11.3 Å². The Morgan fingerprint density at radius 1 is 0.978 bits per heavy atom. The van der Waals surface area contributed by atoms with Crippen LogP contribution >= 0.6 is 34.8 Å². The van der Waals surface area contributed by atoms with E-state index in [2.05, 4.69) is 30.5 Å². The third-order valence-corrected chi connectivity index (χ3v) is 6.71. The molecule has 4 rings (SSSR count). The molecule has 3 aromatic heterocycles. The summed E-state index contributed by atoms with van der Waals surface area (Å²) in [5.74, 6) is -2.23. The molecular weight excluding hydrogens is 697 g/mol. The monoisotopic (exact) mass is 712 g/mol. The van der Waals surface area contributed by atoms with Gasteiger partial charge in [0.15, 0.2) is 17.2 Å². The van der Waals surface area contributed by atoms with Gasteiger partial charge in [0.1, 0.15) is 5.69 Å². The summed E-state index contributed by atoms with van der Waals surface area (Å²) in [7, 11) is 2.22. The lowest BCUT2D eigenvalue weighted by Crippen LogP contribution is -2.43. The van der Waals surface area contributed by atoms with E-state index < -0.39 is 53.9 Å². The van der Waals surface area contributed by atoms with E-state index in [4.69, 9.17) is 34.8 Å². The van der Waals surface area contributed by atoms with Crippen LogP contribution in [0.15, 0.2) is 42.9 Å². The van der Waals surface area contributed by atoms with Gasteiger partial charge in [0.25, 0.3) is 11.8 Å². The molecule has 0 atom stereocenters. The first-order chi connectivity index (χ1) is 21.4. The molecule has 0 spiro atoms. The normalized spacial score (nSPS) is 11.7. The van der Waals surface area contributed by atoms with Crippen LogP contribution in [0.4, 0.5) is 36.8 Å². The lowest BCUT2D eigenvalue weighted by molar-refractivity contribution is -0.167. The van der Waals surface area contributed by atoms with E-state index in [-0.39, 0.29) is 42.4 Å². The summed E-state index contributed by atoms with van der Waals surface area (Å²) in [6.07, 6.45) is -10.2. The van der Waals surface area contributed by atoms with Crippen molar-refractivity contribution in [2.45, 2.75) is 18.9 Å². The molecule has 0 fully saturated rings. The summed E-state index contributed by atoms with van der Waals surface area (Å²) >= 11 is 18.6. The van der Waals surface area contributed by atoms with Crippen LogP contribution in [0.25, 0.3) is 5.82 Å². The van der Waals surface area contributed by atoms with Crippen molar-refractivity contribution in [1.82, 2.24) is 34.8 Å². The standard InChI is InChI=1S/C25H17Cl3F6N8O4/c1-40(23(45)46-2)39-21(43)13-6-11(26)7-15(28)17(13)37-22(44)16-8-12(38-42(16)20-14(27)4-3-5-35-20)9-41-10-36-18(24(29,30)31)19(41)25(32,33)34/h3-8,10H,9H2,1-2H3,(H,37,44)(H,39,43). The molecule has 3 amide bonds. The highest BCUT2D eigenvalue weighted by Gasteiger charge is 2.47. The highest BCUT2D eigenvalue weighted by atomic mass is 35.5. The Bertz CT molecular complexity index is 1830. The zero-order valence-corrected chi connectivity index (χ0v) is 25.2. The van der Waals surface area contributed by atoms with Gasteiger partial charge >= 0.3 is 18.4 Å². The maximum Gasteiger partial charge on any atom is 0.435 e. The number of nitrogens with zero attached hydrogens (tertiary/aromatic N) is 6. The fraction of sp³-hybridized carbons (Fsp3) is 0.200. The number of hydrazine groups is 1. The highest BCUT2D eigenvalue weighted by Crippen LogP contribution is 2.40. The molecule has 244 valence electrons. The second kappa shape index (κ2) is 13.1. The summed E-state index contributed by atoms with van der Waals surface area (Å²) in [5, 5.41) is 6.78. The number of rotatable bonds is 6. The molecule has 0 aliphatic heterocycles. The Hall–Kier alpha value is -4.55. The van der Waals surface area contributed by atoms with Crippen LogP contribution in [-0.2, 0) is 23.6 Å². The minimum Gasteiger partial charge on any atom is -0.452 e. The molecule has 0 bridgehead atoms. The number of carbonyl (C=O) groups excluding carboxylic acids is 3. The average molecular weight is 714 g/mol. The van der Waals surface area contributed by atoms with E-state index in [0.717, 1.165) is 31.0 Å². The van der Waals surface area contributed by atoms with Gasteiger partial charge in [-0.25, -0.2) is 24.5 Å². The van der Waals surface area contributed by atoms with Gasteiger partial charge in [-0.3, -0.25) is 15.0 Å². The van der Waals surface area contributed by atoms with Gasteiger partial charge in [-0.05, 0) is 30.3 Å². The van der Waals surface area contributed by atoms with E-state index in [1.165, 1.54) is 24.4 Å². The van der Waals surface area contributed by atoms with Crippen molar-refractivity contribution < 1.29 is 45.5 Å². The molecule has 0 saturated heterocycles. The van der Waals surface area contributed by atoms with Crippen molar-refractivity contribution in [1.29, 1.82) is 0 Å². The first-order valence-corrected chi connectivity index (χ1v) is 13.4. The number of benzene rings is 1. The Labute approximate surface area is 268 Å². The number of alkyl halides is 6. The number of hydrogen-bond acceptors (Lipinski definition) is 7. The highest BCUT2D eigenvalue weighted by molar-refractivity contribution is 6.38. The smallest absolute Gasteiger partial charge is 0.435 e. The number of halogens is 9. The zero-order chi connectivity index (χ0) is 34.1. The van der Waals surface area contributed by atoms with Gasteiger partial charge in [0.05, 0.1) is 47.0 Å². The maximum atomic E-state index is 13.7. The Morgan fingerprint density at radius 3 is 2.28 bits per heavy atom. The summed E-state index contributed by atoms with van der Waals surface area (Å²) in [4.78, 5) is 45.3. The van der Waals surface area contributed by atoms with Gasteiger partial charge in [-0.15, -0.1) is 0 Å². The summed E-state index contributed by atoms with van der Waals surface area (Å²) < 4.78 is 86.5. The maximum absolute atomic E-state index is 13.7. The first-order valence-electron chi connectivity index (χ1n) is 12.2. The molecule has 1 aromatic carbocycles. The second-order valence-corrected chi connectivity index (χ2v) is 10.3. The van der Waals surface area contributed by atoms with Crippen LogP contribution in [0.5, 0.6) is 0 Å². The lowest BCUT2D eigenvalue weighted by Gasteiger charge is -2.19. The molecule has 3 heterocycles. The van der Waals surface area contributed by atoms with E-state index in [1.54, 1.807) is 0 Å². The van der Waals surface area contributed by atoms with Gasteiger partial charge in [-0.1, -0.05) is 34.8 Å². The minimum atomic E-state index is -5.46. The topological polar surface area (TPSA) is 136 Å². The molecular formula is C25H17Cl3F6N8O4. The molecule has 4 aromatic rings. The first kappa shape index (κ1) is 34.3. The van der Waals surface area contributed by atoms with Gasteiger partial charge in [0, 0.05) is 18.3 Å². The number of amides is 3. The Balaban J connectivity index is 1.79. The molecule has 0 radical (unpaired) electrons. The number of hydrogen-bond donors (Lipinski definition) is 2. The third kappa shape index (κ3) is 7.29. The quantitative estimate of drug-likeness (QED) is 0.182. The summed E-state index contributed by atoms with van der Waals surface area (Å²) in [6.45, 7) is -0.926. The van der Waals surface area contributed by atoms with Crippen LogP contribution in [0.2, 0.25) is 15.1 Å². The molecule has 0 aliphatic rings. The molecule has 2 N–H and O–H groups in total. The SMILES string of the molecule is COC(=O)N(C)NC(=O)c1cc(Cl)cc(Cl)c1NC(=O)c1cc(Cn2cnc(C(F)(F)F)c2C(F)(F)F)nn1-c1ncccc1Cl. The van der Waals surface area contributed by atoms with Gasteiger partial charge in [0.2, 0.25) is 0 Å². The van der Waals surface area contributed by atoms with Crippen molar-refractivity contribution in [3.05, 3.63) is 86.3 Å². The van der Waals surface area contributed by atoms with E-state index in [1.807, 2.05) is 0 Å². The van der Waals surface area contributed by atoms with Gasteiger partial charge < -0.3 is 14.6 Å². The van der Waals surface area contributed by atoms with Crippen molar-refractivity contribution in [3.63, 3.8) is 0 Å². The number of ether oxygens (including phenoxy) is 1. The second-order valence-electron chi connectivity index (χ2n) is 9.04. The largest absolute Gasteiger partial charge is 0.452 e. The molecule has 21 heteroatoms. The average Bonchev–Trinajstić information content (AvgIpc) is 3.59. The minimum absolute atomic E-state index is 0.0412. The van der Waals surface area contributed by atoms with Crippen LogP contribution in [-0.4, -0.2) is 61.4 Å². The lowest BCUT2D eigenvalue weighted by atomic mass is 10.1. The number of nitrogens with one attached hydrogen (secondary N) is 2. The van der Waals surface area contributed by atoms with Gasteiger partial charge in [-0.2, -0.15) is 31.4 Å². The van der Waals surface area contributed by atoms with Crippen LogP contribution < -0.4 is 10.7 Å². The van der Waals surface area contributed by atoms with Crippen molar-refractivity contribution >= 4 is 58.4 Å². The van der Waals surface area contributed by atoms with Crippen LogP contribution in [0.1, 0.15) is 37.9 Å². The zero-order valence-electron chi connectivity index (χ0n) is 23.0. The number of aromatic nitrogens is 5. The molecule has 0 aliphatic carbocycles. The predicted molar refractivity (Wildman–Crippen MR) is 150 cm³/mol. The summed E-state index contributed by atoms with van der Waals surface area (Å²) in [6, 6.07) is 6.03. The van der Waals surface area contributed by atoms with Crippen molar-refractivity contribution in [2.75, 3.05) is 19.5 Å². The van der Waals surface area contributed by atoms with Crippen molar-refractivity contribution in [2.24, 2.45) is 0 Å². The van der Waals surface area contributed by atoms with Crippen molar-refractivity contribution in [3.8, 4) is 5.82 Å². The predicted octanol–water partition coefficient (Wildman–Crippen LogP) is 6.11. The van der Waals surface area contributed by atoms with Crippen LogP contribution in [0.3, 0.4) is 0 Å². The van der Waals surface area contributed by atoms with Crippen LogP contribution in [0, 0.1) is 0 Å². The molecule has 12 nitrogen and oxygen atoms in total. The number of imidazole rings is 1. The molecule has 0 unspecified atom stereocenters.